The summed E-state index contributed by atoms with van der Waals surface area (Å²) in [6, 6.07) is 19.5. The number of rotatable bonds is 7. The third-order valence-corrected chi connectivity index (χ3v) is 6.65. The molecule has 7 heteroatoms. The van der Waals surface area contributed by atoms with Crippen LogP contribution in [0.5, 0.6) is 5.75 Å². The fourth-order valence-electron chi connectivity index (χ4n) is 4.44. The zero-order chi connectivity index (χ0) is 24.2. The Morgan fingerprint density at radius 1 is 1.03 bits per heavy atom. The van der Waals surface area contributed by atoms with Crippen LogP contribution in [0.1, 0.15) is 40.0 Å². The van der Waals surface area contributed by atoms with Crippen molar-refractivity contribution in [3.8, 4) is 5.75 Å². The maximum absolute atomic E-state index is 12.7. The highest BCUT2D eigenvalue weighted by Crippen LogP contribution is 2.18. The number of aryl methyl sites for hydroxylation is 1. The number of ether oxygens (including phenoxy) is 1. The molecule has 1 N–H and O–H groups in total. The highest BCUT2D eigenvalue weighted by molar-refractivity contribution is 6.30. The first-order valence-corrected chi connectivity index (χ1v) is 12.3. The molecule has 0 bridgehead atoms. The van der Waals surface area contributed by atoms with Crippen LogP contribution in [0.25, 0.3) is 5.65 Å². The van der Waals surface area contributed by atoms with E-state index in [-0.39, 0.29) is 11.9 Å². The third kappa shape index (κ3) is 6.02. The first-order chi connectivity index (χ1) is 17.0. The summed E-state index contributed by atoms with van der Waals surface area (Å²) in [6.07, 6.45) is 5.91. The van der Waals surface area contributed by atoms with E-state index in [1.54, 1.807) is 0 Å². The molecule has 0 unspecified atom stereocenters. The molecule has 0 atom stereocenters. The van der Waals surface area contributed by atoms with Gasteiger partial charge < -0.3 is 14.5 Å². The topological polar surface area (TPSA) is 58.9 Å². The second kappa shape index (κ2) is 10.5. The highest BCUT2D eigenvalue weighted by atomic mass is 35.5. The van der Waals surface area contributed by atoms with Crippen LogP contribution >= 0.6 is 11.6 Å². The summed E-state index contributed by atoms with van der Waals surface area (Å²) in [5.41, 5.74) is 4.84. The van der Waals surface area contributed by atoms with Crippen LogP contribution in [-0.4, -0.2) is 39.3 Å². The van der Waals surface area contributed by atoms with Gasteiger partial charge in [0, 0.05) is 48.7 Å². The maximum atomic E-state index is 12.7. The van der Waals surface area contributed by atoms with Gasteiger partial charge in [0.25, 0.3) is 5.91 Å². The van der Waals surface area contributed by atoms with Gasteiger partial charge in [-0.3, -0.25) is 9.69 Å². The molecule has 1 amide bonds. The SMILES string of the molecule is Cc1ccc2nc(COc3ccc(C(=O)NC4CCN(Cc5ccc(Cl)cc5)CC4)cc3)cn2c1. The van der Waals surface area contributed by atoms with Gasteiger partial charge in [0.05, 0.1) is 5.69 Å². The number of benzene rings is 2. The third-order valence-electron chi connectivity index (χ3n) is 6.39. The minimum Gasteiger partial charge on any atom is -0.487 e. The number of nitrogens with zero attached hydrogens (tertiary/aromatic N) is 3. The van der Waals surface area contributed by atoms with E-state index in [1.165, 1.54) is 11.1 Å². The molecule has 35 heavy (non-hydrogen) atoms. The number of hydrogen-bond acceptors (Lipinski definition) is 4. The molecule has 4 aromatic rings. The van der Waals surface area contributed by atoms with E-state index in [0.29, 0.717) is 17.9 Å². The fourth-order valence-corrected chi connectivity index (χ4v) is 4.56. The Bertz CT molecular complexity index is 1290. The van der Waals surface area contributed by atoms with Gasteiger partial charge >= 0.3 is 0 Å². The predicted molar refractivity (Wildman–Crippen MR) is 138 cm³/mol. The van der Waals surface area contributed by atoms with Gasteiger partial charge in [-0.2, -0.15) is 0 Å². The lowest BCUT2D eigenvalue weighted by molar-refractivity contribution is 0.0909. The van der Waals surface area contributed by atoms with Gasteiger partial charge in [-0.15, -0.1) is 0 Å². The molecule has 1 aliphatic rings. The number of fused-ring (bicyclic) bond motifs is 1. The minimum absolute atomic E-state index is 0.0385. The number of halogens is 1. The van der Waals surface area contributed by atoms with Gasteiger partial charge in [-0.05, 0) is 73.4 Å². The van der Waals surface area contributed by atoms with E-state index in [9.17, 15) is 4.79 Å². The van der Waals surface area contributed by atoms with Crippen molar-refractivity contribution in [3.63, 3.8) is 0 Å². The maximum Gasteiger partial charge on any atom is 0.251 e. The van der Waals surface area contributed by atoms with Crippen molar-refractivity contribution in [2.45, 2.75) is 39.0 Å². The lowest BCUT2D eigenvalue weighted by atomic mass is 10.0. The molecule has 2 aromatic heterocycles. The Balaban J connectivity index is 1.08. The summed E-state index contributed by atoms with van der Waals surface area (Å²) >= 11 is 5.98. The summed E-state index contributed by atoms with van der Waals surface area (Å²) in [5, 5.41) is 3.95. The molecule has 1 aliphatic heterocycles. The Labute approximate surface area is 210 Å². The van der Waals surface area contributed by atoms with Crippen LogP contribution in [0, 0.1) is 6.92 Å². The largest absolute Gasteiger partial charge is 0.487 e. The van der Waals surface area contributed by atoms with Crippen molar-refractivity contribution < 1.29 is 9.53 Å². The zero-order valence-corrected chi connectivity index (χ0v) is 20.5. The number of aromatic nitrogens is 2. The van der Waals surface area contributed by atoms with E-state index >= 15 is 0 Å². The smallest absolute Gasteiger partial charge is 0.251 e. The summed E-state index contributed by atoms with van der Waals surface area (Å²) in [5.74, 6) is 0.675. The molecule has 3 heterocycles. The average Bonchev–Trinajstić information content (AvgIpc) is 3.27. The molecule has 0 radical (unpaired) electrons. The van der Waals surface area contributed by atoms with E-state index in [2.05, 4.69) is 34.3 Å². The van der Waals surface area contributed by atoms with Crippen LogP contribution in [0.2, 0.25) is 5.02 Å². The second-order valence-corrected chi connectivity index (χ2v) is 9.60. The van der Waals surface area contributed by atoms with Crippen LogP contribution < -0.4 is 10.1 Å². The van der Waals surface area contributed by atoms with Gasteiger partial charge in [0.15, 0.2) is 0 Å². The molecule has 5 rings (SSSR count). The van der Waals surface area contributed by atoms with Crippen molar-refractivity contribution in [2.75, 3.05) is 13.1 Å². The van der Waals surface area contributed by atoms with E-state index in [0.717, 1.165) is 48.8 Å². The summed E-state index contributed by atoms with van der Waals surface area (Å²) in [6.45, 7) is 5.26. The van der Waals surface area contributed by atoms with Crippen molar-refractivity contribution >= 4 is 23.2 Å². The minimum atomic E-state index is -0.0385. The molecule has 0 saturated carbocycles. The first kappa shape index (κ1) is 23.4. The van der Waals surface area contributed by atoms with E-state index in [1.807, 2.05) is 65.3 Å². The zero-order valence-electron chi connectivity index (χ0n) is 19.8. The molecule has 2 aromatic carbocycles. The molecular weight excluding hydrogens is 460 g/mol. The molecule has 6 nitrogen and oxygen atoms in total. The number of nitrogens with one attached hydrogen (secondary N) is 1. The van der Waals surface area contributed by atoms with Crippen molar-refractivity contribution in [3.05, 3.63) is 100 Å². The van der Waals surface area contributed by atoms with Gasteiger partial charge in [0.1, 0.15) is 18.0 Å². The van der Waals surface area contributed by atoms with Gasteiger partial charge in [-0.1, -0.05) is 29.8 Å². The van der Waals surface area contributed by atoms with Crippen LogP contribution in [0.4, 0.5) is 0 Å². The lowest BCUT2D eigenvalue weighted by Crippen LogP contribution is -2.44. The van der Waals surface area contributed by atoms with Crippen LogP contribution in [0.15, 0.2) is 73.1 Å². The van der Waals surface area contributed by atoms with Crippen LogP contribution in [-0.2, 0) is 13.2 Å². The molecule has 1 fully saturated rings. The van der Waals surface area contributed by atoms with E-state index < -0.39 is 0 Å². The normalized spacial score (nSPS) is 14.8. The predicted octanol–water partition coefficient (Wildman–Crippen LogP) is 5.27. The number of piperidine rings is 1. The monoisotopic (exact) mass is 488 g/mol. The molecule has 1 saturated heterocycles. The molecule has 180 valence electrons. The number of carbonyl (C=O) groups excluding carboxylic acids is 1. The molecule has 0 spiro atoms. The number of amides is 1. The van der Waals surface area contributed by atoms with Gasteiger partial charge in [-0.25, -0.2) is 4.98 Å². The molecular formula is C28H29ClN4O2. The Morgan fingerprint density at radius 2 is 1.77 bits per heavy atom. The summed E-state index contributed by atoms with van der Waals surface area (Å²) in [4.78, 5) is 19.7. The fraction of sp³-hybridized carbons (Fsp3) is 0.286. The Hall–Kier alpha value is -3.35. The Morgan fingerprint density at radius 3 is 2.51 bits per heavy atom. The quantitative estimate of drug-likeness (QED) is 0.385. The average molecular weight is 489 g/mol. The number of imidazole rings is 1. The molecule has 0 aliphatic carbocycles. The number of pyridine rings is 1. The Kier molecular flexibility index (Phi) is 7.02. The lowest BCUT2D eigenvalue weighted by Gasteiger charge is -2.32. The summed E-state index contributed by atoms with van der Waals surface area (Å²) < 4.78 is 7.89. The number of hydrogen-bond donors (Lipinski definition) is 1. The van der Waals surface area contributed by atoms with Crippen molar-refractivity contribution in [1.82, 2.24) is 19.6 Å². The second-order valence-electron chi connectivity index (χ2n) is 9.17. The number of likely N-dealkylation sites (tertiary alicyclic amines) is 1. The standard InChI is InChI=1S/C28H29ClN4O2/c1-20-2-11-27-30-25(18-33(27)16-20)19-35-26-9-5-22(6-10-26)28(34)31-24-12-14-32(15-13-24)17-21-3-7-23(29)8-4-21/h2-11,16,18,24H,12-15,17,19H2,1H3,(H,31,34). The first-order valence-electron chi connectivity index (χ1n) is 12.0. The van der Waals surface area contributed by atoms with Crippen molar-refractivity contribution in [2.24, 2.45) is 0 Å². The highest BCUT2D eigenvalue weighted by Gasteiger charge is 2.21. The van der Waals surface area contributed by atoms with Crippen molar-refractivity contribution in [1.29, 1.82) is 0 Å². The van der Waals surface area contributed by atoms with Gasteiger partial charge in [0.2, 0.25) is 0 Å². The van der Waals surface area contributed by atoms with Crippen LogP contribution in [0.3, 0.4) is 0 Å². The number of carbonyl (C=O) groups is 1. The van der Waals surface area contributed by atoms with E-state index in [4.69, 9.17) is 16.3 Å². The summed E-state index contributed by atoms with van der Waals surface area (Å²) in [7, 11) is 0.